The van der Waals surface area contributed by atoms with Gasteiger partial charge in [0.1, 0.15) is 12.0 Å². The number of ether oxygens (including phenoxy) is 1. The van der Waals surface area contributed by atoms with Crippen molar-refractivity contribution < 1.29 is 9.84 Å². The van der Waals surface area contributed by atoms with E-state index in [4.69, 9.17) is 9.84 Å². The summed E-state index contributed by atoms with van der Waals surface area (Å²) in [5, 5.41) is 12.3. The van der Waals surface area contributed by atoms with E-state index in [2.05, 4.69) is 5.32 Å². The van der Waals surface area contributed by atoms with E-state index in [9.17, 15) is 0 Å². The zero-order valence-corrected chi connectivity index (χ0v) is 7.36. The molecule has 0 spiro atoms. The molecular weight excluding hydrogens is 166 g/mol. The molecule has 1 heterocycles. The molecule has 1 aliphatic rings. The predicted octanol–water partition coefficient (Wildman–Crippen LogP) is 0.881. The topological polar surface area (TPSA) is 41.5 Å². The number of hydrogen-bond acceptors (Lipinski definition) is 3. The van der Waals surface area contributed by atoms with Gasteiger partial charge in [-0.3, -0.25) is 5.32 Å². The van der Waals surface area contributed by atoms with Crippen LogP contribution in [0.15, 0.2) is 24.3 Å². The zero-order valence-electron chi connectivity index (χ0n) is 7.36. The van der Waals surface area contributed by atoms with Gasteiger partial charge in [-0.05, 0) is 17.7 Å². The van der Waals surface area contributed by atoms with Gasteiger partial charge in [0.25, 0.3) is 0 Å². The van der Waals surface area contributed by atoms with Crippen LogP contribution < -0.4 is 5.32 Å². The zero-order chi connectivity index (χ0) is 9.10. The van der Waals surface area contributed by atoms with Gasteiger partial charge in [-0.25, -0.2) is 0 Å². The summed E-state index contributed by atoms with van der Waals surface area (Å²) in [6.07, 6.45) is 1.00. The van der Waals surface area contributed by atoms with Crippen LogP contribution in [0, 0.1) is 0 Å². The monoisotopic (exact) mass is 179 g/mol. The van der Waals surface area contributed by atoms with Gasteiger partial charge < -0.3 is 9.84 Å². The van der Waals surface area contributed by atoms with Crippen LogP contribution in [0.25, 0.3) is 0 Å². The minimum atomic E-state index is 0.143. The Kier molecular flexibility index (Phi) is 2.47. The minimum absolute atomic E-state index is 0.143. The number of rotatable bonds is 2. The summed E-state index contributed by atoms with van der Waals surface area (Å²) in [5.41, 5.74) is 1.18. The Balaban J connectivity index is 1.97. The number of phenolic OH excluding ortho intramolecular Hbond substituents is 1. The molecule has 70 valence electrons. The summed E-state index contributed by atoms with van der Waals surface area (Å²) < 4.78 is 5.41. The second-order valence-corrected chi connectivity index (χ2v) is 3.18. The Hall–Kier alpha value is -1.06. The summed E-state index contributed by atoms with van der Waals surface area (Å²) in [7, 11) is 0. The van der Waals surface area contributed by atoms with Crippen LogP contribution in [0.1, 0.15) is 5.56 Å². The van der Waals surface area contributed by atoms with Crippen LogP contribution in [0.3, 0.4) is 0 Å². The molecule has 3 heteroatoms. The molecule has 1 aliphatic heterocycles. The first-order valence-corrected chi connectivity index (χ1v) is 4.47. The van der Waals surface area contributed by atoms with E-state index in [-0.39, 0.29) is 6.23 Å². The molecule has 0 bridgehead atoms. The maximum absolute atomic E-state index is 9.07. The highest BCUT2D eigenvalue weighted by atomic mass is 16.5. The molecule has 2 rings (SSSR count). The van der Waals surface area contributed by atoms with E-state index < -0.39 is 0 Å². The average Bonchev–Trinajstić information content (AvgIpc) is 2.62. The van der Waals surface area contributed by atoms with Crippen LogP contribution in [0.5, 0.6) is 5.75 Å². The molecule has 0 aliphatic carbocycles. The van der Waals surface area contributed by atoms with Crippen LogP contribution >= 0.6 is 0 Å². The van der Waals surface area contributed by atoms with Gasteiger partial charge >= 0.3 is 0 Å². The van der Waals surface area contributed by atoms with E-state index in [1.165, 1.54) is 5.56 Å². The van der Waals surface area contributed by atoms with Gasteiger partial charge in [0.2, 0.25) is 0 Å². The van der Waals surface area contributed by atoms with Crippen LogP contribution in [-0.2, 0) is 11.2 Å². The third-order valence-electron chi connectivity index (χ3n) is 2.15. The Bertz CT molecular complexity index is 265. The third-order valence-corrected chi connectivity index (χ3v) is 2.15. The van der Waals surface area contributed by atoms with Crippen LogP contribution in [-0.4, -0.2) is 24.5 Å². The Morgan fingerprint density at radius 2 is 2.15 bits per heavy atom. The number of nitrogens with one attached hydrogen (secondary N) is 1. The molecule has 1 aromatic carbocycles. The van der Waals surface area contributed by atoms with E-state index in [1.54, 1.807) is 12.1 Å². The summed E-state index contributed by atoms with van der Waals surface area (Å²) >= 11 is 0. The van der Waals surface area contributed by atoms with Gasteiger partial charge in [0.15, 0.2) is 0 Å². The highest BCUT2D eigenvalue weighted by molar-refractivity contribution is 5.26. The molecule has 3 nitrogen and oxygen atoms in total. The molecule has 0 amide bonds. The van der Waals surface area contributed by atoms with Gasteiger partial charge in [-0.2, -0.15) is 0 Å². The lowest BCUT2D eigenvalue weighted by molar-refractivity contribution is 0.102. The molecule has 1 saturated heterocycles. The lowest BCUT2D eigenvalue weighted by Gasteiger charge is -2.09. The van der Waals surface area contributed by atoms with Crippen molar-refractivity contribution in [2.24, 2.45) is 0 Å². The van der Waals surface area contributed by atoms with Crippen molar-refractivity contribution in [2.75, 3.05) is 13.2 Å². The van der Waals surface area contributed by atoms with Crippen molar-refractivity contribution in [1.82, 2.24) is 5.32 Å². The lowest BCUT2D eigenvalue weighted by atomic mass is 10.1. The normalized spacial score (nSPS) is 22.0. The number of benzene rings is 1. The highest BCUT2D eigenvalue weighted by Gasteiger charge is 2.14. The Labute approximate surface area is 77.3 Å². The molecule has 2 N–H and O–H groups in total. The molecule has 13 heavy (non-hydrogen) atoms. The van der Waals surface area contributed by atoms with E-state index in [1.807, 2.05) is 12.1 Å². The average molecular weight is 179 g/mol. The standard InChI is InChI=1S/C10H13NO2/c12-9-3-1-8(2-4-9)7-10-11-5-6-13-10/h1-4,10-12H,5-7H2. The third kappa shape index (κ3) is 2.20. The van der Waals surface area contributed by atoms with Crippen molar-refractivity contribution in [3.63, 3.8) is 0 Å². The first kappa shape index (κ1) is 8.53. The molecular formula is C10H13NO2. The molecule has 0 saturated carbocycles. The number of hydrogen-bond donors (Lipinski definition) is 2. The second-order valence-electron chi connectivity index (χ2n) is 3.18. The Morgan fingerprint density at radius 1 is 1.38 bits per heavy atom. The van der Waals surface area contributed by atoms with E-state index in [0.29, 0.717) is 5.75 Å². The van der Waals surface area contributed by atoms with Gasteiger partial charge in [-0.1, -0.05) is 12.1 Å². The van der Waals surface area contributed by atoms with Gasteiger partial charge in [0, 0.05) is 13.0 Å². The predicted molar refractivity (Wildman–Crippen MR) is 49.6 cm³/mol. The van der Waals surface area contributed by atoms with E-state index in [0.717, 1.165) is 19.6 Å². The Morgan fingerprint density at radius 3 is 2.77 bits per heavy atom. The quantitative estimate of drug-likeness (QED) is 0.708. The second kappa shape index (κ2) is 3.77. The molecule has 0 aromatic heterocycles. The minimum Gasteiger partial charge on any atom is -0.508 e. The molecule has 1 unspecified atom stereocenters. The van der Waals surface area contributed by atoms with Crippen LogP contribution in [0.2, 0.25) is 0 Å². The SMILES string of the molecule is Oc1ccc(CC2NCCO2)cc1. The number of phenols is 1. The highest BCUT2D eigenvalue weighted by Crippen LogP contribution is 2.12. The first-order chi connectivity index (χ1) is 6.34. The fraction of sp³-hybridized carbons (Fsp3) is 0.400. The van der Waals surface area contributed by atoms with Crippen molar-refractivity contribution in [2.45, 2.75) is 12.6 Å². The summed E-state index contributed by atoms with van der Waals surface area (Å²) in [4.78, 5) is 0. The maximum Gasteiger partial charge on any atom is 0.115 e. The fourth-order valence-electron chi connectivity index (χ4n) is 1.46. The fourth-order valence-corrected chi connectivity index (χ4v) is 1.46. The summed E-state index contributed by atoms with van der Waals surface area (Å²) in [6, 6.07) is 7.23. The maximum atomic E-state index is 9.07. The van der Waals surface area contributed by atoms with E-state index >= 15 is 0 Å². The molecule has 1 aromatic rings. The van der Waals surface area contributed by atoms with Crippen molar-refractivity contribution >= 4 is 0 Å². The van der Waals surface area contributed by atoms with Crippen molar-refractivity contribution in [3.8, 4) is 5.75 Å². The first-order valence-electron chi connectivity index (χ1n) is 4.47. The van der Waals surface area contributed by atoms with Crippen molar-refractivity contribution in [3.05, 3.63) is 29.8 Å². The smallest absolute Gasteiger partial charge is 0.115 e. The van der Waals surface area contributed by atoms with Gasteiger partial charge in [-0.15, -0.1) is 0 Å². The largest absolute Gasteiger partial charge is 0.508 e. The summed E-state index contributed by atoms with van der Waals surface area (Å²) in [5.74, 6) is 0.309. The number of aromatic hydroxyl groups is 1. The van der Waals surface area contributed by atoms with Gasteiger partial charge in [0.05, 0.1) is 6.61 Å². The van der Waals surface area contributed by atoms with Crippen molar-refractivity contribution in [1.29, 1.82) is 0 Å². The molecule has 1 atom stereocenters. The molecule has 0 radical (unpaired) electrons. The molecule has 1 fully saturated rings. The summed E-state index contributed by atoms with van der Waals surface area (Å²) in [6.45, 7) is 1.73. The lowest BCUT2D eigenvalue weighted by Crippen LogP contribution is -2.24. The van der Waals surface area contributed by atoms with Crippen LogP contribution in [0.4, 0.5) is 0 Å².